The quantitative estimate of drug-likeness (QED) is 0.329. The lowest BCUT2D eigenvalue weighted by Crippen LogP contribution is -2.57. The van der Waals surface area contributed by atoms with Gasteiger partial charge in [-0.1, -0.05) is 0 Å². The molecule has 1 aromatic heterocycles. The largest absolute Gasteiger partial charge is 0.394 e. The van der Waals surface area contributed by atoms with Crippen molar-refractivity contribution in [1.82, 2.24) is 15.0 Å². The Labute approximate surface area is 106 Å². The van der Waals surface area contributed by atoms with Crippen molar-refractivity contribution in [1.29, 1.82) is 0 Å². The van der Waals surface area contributed by atoms with E-state index in [1.165, 1.54) is 0 Å². The highest BCUT2D eigenvalue weighted by atomic mass is 16.5. The van der Waals surface area contributed by atoms with E-state index in [-0.39, 0.29) is 12.6 Å². The van der Waals surface area contributed by atoms with Crippen molar-refractivity contribution in [2.45, 2.75) is 24.4 Å². The van der Waals surface area contributed by atoms with Gasteiger partial charge in [-0.25, -0.2) is 9.59 Å². The predicted molar refractivity (Wildman–Crippen MR) is 61.7 cm³/mol. The average Bonchev–Trinajstić information content (AvgIpc) is 2.34. The Morgan fingerprint density at radius 2 is 2.05 bits per heavy atom. The van der Waals surface area contributed by atoms with E-state index in [0.29, 0.717) is 0 Å². The summed E-state index contributed by atoms with van der Waals surface area (Å²) in [5, 5.41) is 31.0. The molecule has 1 aliphatic heterocycles. The highest BCUT2D eigenvalue weighted by Crippen LogP contribution is 2.17. The van der Waals surface area contributed by atoms with Crippen LogP contribution in [0, 0.1) is 0 Å². The lowest BCUT2D eigenvalue weighted by molar-refractivity contribution is -0.152. The second kappa shape index (κ2) is 5.48. The monoisotopic (exact) mass is 274 g/mol. The molecule has 0 radical (unpaired) electrons. The van der Waals surface area contributed by atoms with Crippen LogP contribution in [-0.4, -0.2) is 67.8 Å². The van der Waals surface area contributed by atoms with Gasteiger partial charge in [-0.3, -0.25) is 9.97 Å². The maximum absolute atomic E-state index is 11.0. The molecule has 0 saturated carbocycles. The second-order valence-electron chi connectivity index (χ2n) is 4.13. The lowest BCUT2D eigenvalue weighted by Gasteiger charge is -2.37. The van der Waals surface area contributed by atoms with E-state index < -0.39 is 42.3 Å². The molecule has 1 saturated heterocycles. The highest BCUT2D eigenvalue weighted by Gasteiger charge is 2.38. The number of hydrogen-bond acceptors (Lipinski definition) is 8. The van der Waals surface area contributed by atoms with Crippen LogP contribution in [0.1, 0.15) is 0 Å². The van der Waals surface area contributed by atoms with Crippen molar-refractivity contribution in [3.63, 3.8) is 0 Å². The summed E-state index contributed by atoms with van der Waals surface area (Å²) in [6.45, 7) is -0.453. The smallest absolute Gasteiger partial charge is 0.352 e. The summed E-state index contributed by atoms with van der Waals surface area (Å²) in [6, 6.07) is -0.775. The number of aromatic nitrogens is 3. The van der Waals surface area contributed by atoms with Crippen LogP contribution in [0.5, 0.6) is 0 Å². The third-order valence-electron chi connectivity index (χ3n) is 2.80. The molecule has 0 unspecified atom stereocenters. The first-order chi connectivity index (χ1) is 9.01. The fourth-order valence-electron chi connectivity index (χ4n) is 1.81. The zero-order valence-corrected chi connectivity index (χ0v) is 9.74. The van der Waals surface area contributed by atoms with Crippen molar-refractivity contribution in [2.24, 2.45) is 0 Å². The van der Waals surface area contributed by atoms with Crippen molar-refractivity contribution < 1.29 is 20.1 Å². The van der Waals surface area contributed by atoms with E-state index in [4.69, 9.17) is 9.84 Å². The van der Waals surface area contributed by atoms with Crippen molar-refractivity contribution in [3.05, 3.63) is 21.0 Å². The van der Waals surface area contributed by atoms with Crippen LogP contribution in [0.2, 0.25) is 0 Å². The van der Waals surface area contributed by atoms with Crippen LogP contribution in [0.4, 0.5) is 5.95 Å². The molecule has 6 N–H and O–H groups in total. The number of anilines is 1. The van der Waals surface area contributed by atoms with Gasteiger partial charge in [0, 0.05) is 0 Å². The van der Waals surface area contributed by atoms with Gasteiger partial charge in [-0.05, 0) is 0 Å². The molecule has 1 fully saturated rings. The van der Waals surface area contributed by atoms with Crippen LogP contribution in [0.15, 0.2) is 9.59 Å². The standard InChI is InChI=1S/C9H14N4O6/c14-1-4-6(16)5(15)3(2-19-4)10-7-11-8(17)13-9(18)12-7/h3-6,14-16H,1-2H2,(H3,10,11,12,13,17,18)/t3-,4-,5-,6+/m1/s1. The summed E-state index contributed by atoms with van der Waals surface area (Å²) in [5.41, 5.74) is -1.59. The topological polar surface area (TPSA) is 161 Å². The van der Waals surface area contributed by atoms with Crippen molar-refractivity contribution >= 4 is 5.95 Å². The molecule has 2 heterocycles. The maximum atomic E-state index is 11.0. The van der Waals surface area contributed by atoms with Gasteiger partial charge in [0.1, 0.15) is 18.3 Å². The summed E-state index contributed by atoms with van der Waals surface area (Å²) in [7, 11) is 0. The summed E-state index contributed by atoms with van der Waals surface area (Å²) in [6.07, 6.45) is -3.40. The number of aromatic amines is 2. The summed E-state index contributed by atoms with van der Waals surface area (Å²) >= 11 is 0. The first-order valence-corrected chi connectivity index (χ1v) is 5.57. The normalized spacial score (nSPS) is 31.1. The number of nitrogens with zero attached hydrogens (tertiary/aromatic N) is 1. The minimum atomic E-state index is -1.29. The van der Waals surface area contributed by atoms with Crippen LogP contribution < -0.4 is 16.7 Å². The Hall–Kier alpha value is -1.75. The number of ether oxygens (including phenoxy) is 1. The predicted octanol–water partition coefficient (Wildman–Crippen LogP) is -3.65. The molecule has 0 amide bonds. The number of rotatable bonds is 3. The van der Waals surface area contributed by atoms with Crippen molar-refractivity contribution in [3.8, 4) is 0 Å². The third kappa shape index (κ3) is 2.98. The van der Waals surface area contributed by atoms with Crippen LogP contribution in [-0.2, 0) is 4.74 Å². The number of aliphatic hydroxyl groups excluding tert-OH is 3. The first kappa shape index (κ1) is 13.7. The Balaban J connectivity index is 2.11. The van der Waals surface area contributed by atoms with Crippen LogP contribution in [0.3, 0.4) is 0 Å². The van der Waals surface area contributed by atoms with Gasteiger partial charge >= 0.3 is 11.4 Å². The van der Waals surface area contributed by atoms with Gasteiger partial charge < -0.3 is 25.4 Å². The summed E-state index contributed by atoms with van der Waals surface area (Å²) in [5.74, 6) is -0.143. The summed E-state index contributed by atoms with van der Waals surface area (Å²) in [4.78, 5) is 29.6. The fourth-order valence-corrected chi connectivity index (χ4v) is 1.81. The molecular formula is C9H14N4O6. The number of hydrogen-bond donors (Lipinski definition) is 6. The molecule has 10 heteroatoms. The molecule has 19 heavy (non-hydrogen) atoms. The zero-order valence-electron chi connectivity index (χ0n) is 9.74. The molecule has 10 nitrogen and oxygen atoms in total. The molecule has 1 aliphatic rings. The van der Waals surface area contributed by atoms with Gasteiger partial charge in [-0.2, -0.15) is 4.98 Å². The molecule has 106 valence electrons. The van der Waals surface area contributed by atoms with Gasteiger partial charge in [-0.15, -0.1) is 0 Å². The Morgan fingerprint density at radius 1 is 1.32 bits per heavy atom. The number of H-pyrrole nitrogens is 2. The molecule has 0 aromatic carbocycles. The zero-order chi connectivity index (χ0) is 14.0. The Kier molecular flexibility index (Phi) is 3.95. The average molecular weight is 274 g/mol. The van der Waals surface area contributed by atoms with E-state index in [2.05, 4.69) is 15.3 Å². The van der Waals surface area contributed by atoms with Gasteiger partial charge in [0.25, 0.3) is 0 Å². The van der Waals surface area contributed by atoms with E-state index in [0.717, 1.165) is 0 Å². The third-order valence-corrected chi connectivity index (χ3v) is 2.80. The lowest BCUT2D eigenvalue weighted by atomic mass is 9.98. The molecule has 0 aliphatic carbocycles. The number of nitrogens with one attached hydrogen (secondary N) is 3. The highest BCUT2D eigenvalue weighted by molar-refractivity contribution is 5.24. The molecular weight excluding hydrogens is 260 g/mol. The molecule has 0 spiro atoms. The van der Waals surface area contributed by atoms with Crippen LogP contribution >= 0.6 is 0 Å². The minimum absolute atomic E-state index is 0.0278. The Morgan fingerprint density at radius 3 is 2.68 bits per heavy atom. The molecule has 1 aromatic rings. The van der Waals surface area contributed by atoms with Gasteiger partial charge in [0.05, 0.1) is 19.3 Å². The van der Waals surface area contributed by atoms with Gasteiger partial charge in [0.15, 0.2) is 0 Å². The Bertz CT molecular complexity index is 514. The number of aliphatic hydroxyl groups is 3. The van der Waals surface area contributed by atoms with Crippen LogP contribution in [0.25, 0.3) is 0 Å². The van der Waals surface area contributed by atoms with E-state index >= 15 is 0 Å². The van der Waals surface area contributed by atoms with Crippen molar-refractivity contribution in [2.75, 3.05) is 18.5 Å². The molecule has 4 atom stereocenters. The second-order valence-corrected chi connectivity index (χ2v) is 4.13. The molecule has 2 rings (SSSR count). The SMILES string of the molecule is O=c1nc(N[C@@H]2CO[C@H](CO)[C@H](O)[C@@H]2O)[nH]c(=O)[nH]1. The minimum Gasteiger partial charge on any atom is -0.394 e. The fraction of sp³-hybridized carbons (Fsp3) is 0.667. The van der Waals surface area contributed by atoms with E-state index in [1.54, 1.807) is 0 Å². The summed E-state index contributed by atoms with van der Waals surface area (Å²) < 4.78 is 5.13. The maximum Gasteiger partial charge on any atom is 0.352 e. The van der Waals surface area contributed by atoms with E-state index in [1.807, 2.05) is 4.98 Å². The first-order valence-electron chi connectivity index (χ1n) is 5.57. The molecule has 0 bridgehead atoms. The van der Waals surface area contributed by atoms with Gasteiger partial charge in [0.2, 0.25) is 5.95 Å². The van der Waals surface area contributed by atoms with E-state index in [9.17, 15) is 19.8 Å².